The zero-order valence-corrected chi connectivity index (χ0v) is 9.39. The first-order valence-electron chi connectivity index (χ1n) is 5.75. The molecule has 0 spiro atoms. The summed E-state index contributed by atoms with van der Waals surface area (Å²) < 4.78 is 0. The van der Waals surface area contributed by atoms with Crippen molar-refractivity contribution in [3.63, 3.8) is 0 Å². The van der Waals surface area contributed by atoms with E-state index in [0.717, 1.165) is 18.8 Å². The van der Waals surface area contributed by atoms with Crippen LogP contribution in [0.1, 0.15) is 32.6 Å². The highest BCUT2D eigenvalue weighted by Gasteiger charge is 2.20. The van der Waals surface area contributed by atoms with E-state index in [-0.39, 0.29) is 13.2 Å². The summed E-state index contributed by atoms with van der Waals surface area (Å²) in [5.41, 5.74) is 1.27. The Balaban J connectivity index is 2.40. The lowest BCUT2D eigenvalue weighted by Crippen LogP contribution is -2.27. The molecule has 0 bridgehead atoms. The highest BCUT2D eigenvalue weighted by molar-refractivity contribution is 5.07. The zero-order chi connectivity index (χ0) is 11.3. The molecular weight excluding hydrogens is 192 g/mol. The van der Waals surface area contributed by atoms with Crippen LogP contribution in [0, 0.1) is 11.8 Å². The molecule has 1 aliphatic rings. The van der Waals surface area contributed by atoms with Crippen LogP contribution >= 0.6 is 0 Å². The van der Waals surface area contributed by atoms with Gasteiger partial charge >= 0.3 is 0 Å². The Bertz CT molecular complexity index is 209. The molecule has 0 saturated carbocycles. The summed E-state index contributed by atoms with van der Waals surface area (Å²) in [6.45, 7) is 1.93. The van der Waals surface area contributed by atoms with Gasteiger partial charge in [-0.1, -0.05) is 18.6 Å². The van der Waals surface area contributed by atoms with E-state index in [9.17, 15) is 5.11 Å². The van der Waals surface area contributed by atoms with Crippen LogP contribution in [0.25, 0.3) is 0 Å². The molecule has 0 amide bonds. The normalized spacial score (nSPS) is 24.1. The van der Waals surface area contributed by atoms with Gasteiger partial charge in [-0.25, -0.2) is 0 Å². The van der Waals surface area contributed by atoms with Crippen molar-refractivity contribution in [3.8, 4) is 0 Å². The highest BCUT2D eigenvalue weighted by atomic mass is 16.3. The van der Waals surface area contributed by atoms with Crippen molar-refractivity contribution < 1.29 is 15.3 Å². The maximum absolute atomic E-state index is 9.77. The average molecular weight is 214 g/mol. The molecule has 0 aromatic carbocycles. The van der Waals surface area contributed by atoms with Crippen molar-refractivity contribution in [1.82, 2.24) is 0 Å². The van der Waals surface area contributed by atoms with E-state index in [0.29, 0.717) is 6.42 Å². The van der Waals surface area contributed by atoms with Gasteiger partial charge in [0.2, 0.25) is 0 Å². The first kappa shape index (κ1) is 12.7. The van der Waals surface area contributed by atoms with Crippen molar-refractivity contribution in [2.24, 2.45) is 11.8 Å². The molecule has 0 saturated heterocycles. The minimum absolute atomic E-state index is 0.151. The van der Waals surface area contributed by atoms with E-state index in [1.165, 1.54) is 12.0 Å². The lowest BCUT2D eigenvalue weighted by Gasteiger charge is -2.23. The minimum atomic E-state index is -0.611. The van der Waals surface area contributed by atoms with Crippen LogP contribution in [-0.4, -0.2) is 34.6 Å². The van der Waals surface area contributed by atoms with Gasteiger partial charge in [0.15, 0.2) is 0 Å². The second-order valence-corrected chi connectivity index (χ2v) is 4.64. The Labute approximate surface area is 91.4 Å². The predicted molar refractivity (Wildman–Crippen MR) is 59.4 cm³/mol. The van der Waals surface area contributed by atoms with Crippen molar-refractivity contribution in [1.29, 1.82) is 0 Å². The molecule has 1 rings (SSSR count). The van der Waals surface area contributed by atoms with E-state index >= 15 is 0 Å². The van der Waals surface area contributed by atoms with Crippen molar-refractivity contribution in [2.75, 3.05) is 13.2 Å². The van der Waals surface area contributed by atoms with Gasteiger partial charge in [-0.05, 0) is 31.6 Å². The fourth-order valence-corrected chi connectivity index (χ4v) is 1.94. The van der Waals surface area contributed by atoms with E-state index in [1.54, 1.807) is 0 Å². The maximum Gasteiger partial charge on any atom is 0.0649 e. The molecule has 0 aromatic rings. The van der Waals surface area contributed by atoms with E-state index in [1.807, 2.05) is 0 Å². The molecule has 3 heteroatoms. The molecular formula is C12H22O3. The first-order chi connectivity index (χ1) is 7.17. The van der Waals surface area contributed by atoms with Gasteiger partial charge < -0.3 is 15.3 Å². The van der Waals surface area contributed by atoms with Crippen LogP contribution in [-0.2, 0) is 0 Å². The van der Waals surface area contributed by atoms with Gasteiger partial charge in [-0.2, -0.15) is 0 Å². The third-order valence-electron chi connectivity index (χ3n) is 3.25. The summed E-state index contributed by atoms with van der Waals surface area (Å²) >= 11 is 0. The monoisotopic (exact) mass is 214 g/mol. The third-order valence-corrected chi connectivity index (χ3v) is 3.25. The maximum atomic E-state index is 9.77. The summed E-state index contributed by atoms with van der Waals surface area (Å²) in [5.74, 6) is 0.350. The predicted octanol–water partition coefficient (Wildman–Crippen LogP) is 1.08. The first-order valence-corrected chi connectivity index (χ1v) is 5.75. The number of rotatable bonds is 5. The van der Waals surface area contributed by atoms with Crippen LogP contribution in [0.3, 0.4) is 0 Å². The standard InChI is InChI=1S/C12H22O3/c1-9-2-4-10(5-3-9)6-12(15)11(7-13)8-14/h4,9,11-15H,2-3,5-8H2,1H3/t9-,12+/m0/s1. The molecule has 0 aliphatic heterocycles. The van der Waals surface area contributed by atoms with Gasteiger partial charge in [0.25, 0.3) is 0 Å². The molecule has 0 heterocycles. The Kier molecular flexibility index (Phi) is 5.29. The van der Waals surface area contributed by atoms with Crippen molar-refractivity contribution in [2.45, 2.75) is 38.7 Å². The summed E-state index contributed by atoms with van der Waals surface area (Å²) in [7, 11) is 0. The summed E-state index contributed by atoms with van der Waals surface area (Å²) in [6.07, 6.45) is 5.50. The van der Waals surface area contributed by atoms with Crippen LogP contribution < -0.4 is 0 Å². The van der Waals surface area contributed by atoms with Gasteiger partial charge in [0, 0.05) is 5.92 Å². The molecule has 0 radical (unpaired) electrons. The number of hydrogen-bond donors (Lipinski definition) is 3. The lowest BCUT2D eigenvalue weighted by molar-refractivity contribution is 0.0317. The molecule has 88 valence electrons. The Morgan fingerprint density at radius 3 is 2.53 bits per heavy atom. The van der Waals surface area contributed by atoms with Crippen LogP contribution in [0.2, 0.25) is 0 Å². The van der Waals surface area contributed by atoms with Gasteiger partial charge in [-0.3, -0.25) is 0 Å². The summed E-state index contributed by atoms with van der Waals surface area (Å²) in [5, 5.41) is 27.6. The summed E-state index contributed by atoms with van der Waals surface area (Å²) in [6, 6.07) is 0. The topological polar surface area (TPSA) is 60.7 Å². The van der Waals surface area contributed by atoms with Crippen molar-refractivity contribution >= 4 is 0 Å². The van der Waals surface area contributed by atoms with Gasteiger partial charge in [0.1, 0.15) is 0 Å². The zero-order valence-electron chi connectivity index (χ0n) is 9.39. The number of aliphatic hydroxyl groups excluding tert-OH is 3. The van der Waals surface area contributed by atoms with Crippen LogP contribution in [0.4, 0.5) is 0 Å². The Hall–Kier alpha value is -0.380. The van der Waals surface area contributed by atoms with E-state index in [2.05, 4.69) is 13.0 Å². The molecule has 3 N–H and O–H groups in total. The smallest absolute Gasteiger partial charge is 0.0649 e. The molecule has 0 aromatic heterocycles. The molecule has 0 fully saturated rings. The molecule has 1 aliphatic carbocycles. The van der Waals surface area contributed by atoms with E-state index in [4.69, 9.17) is 10.2 Å². The highest BCUT2D eigenvalue weighted by Crippen LogP contribution is 2.26. The molecule has 2 atom stereocenters. The van der Waals surface area contributed by atoms with Crippen LogP contribution in [0.5, 0.6) is 0 Å². The fraction of sp³-hybridized carbons (Fsp3) is 0.833. The largest absolute Gasteiger partial charge is 0.396 e. The van der Waals surface area contributed by atoms with Gasteiger partial charge in [0.05, 0.1) is 19.3 Å². The number of allylic oxidation sites excluding steroid dienone is 1. The Morgan fingerprint density at radius 1 is 1.40 bits per heavy atom. The van der Waals surface area contributed by atoms with Crippen LogP contribution in [0.15, 0.2) is 11.6 Å². The number of hydrogen-bond acceptors (Lipinski definition) is 3. The fourth-order valence-electron chi connectivity index (χ4n) is 1.94. The average Bonchev–Trinajstić information content (AvgIpc) is 2.23. The van der Waals surface area contributed by atoms with Gasteiger partial charge in [-0.15, -0.1) is 0 Å². The van der Waals surface area contributed by atoms with Crippen molar-refractivity contribution in [3.05, 3.63) is 11.6 Å². The lowest BCUT2D eigenvalue weighted by atomic mass is 9.86. The summed E-state index contributed by atoms with van der Waals surface area (Å²) in [4.78, 5) is 0. The molecule has 15 heavy (non-hydrogen) atoms. The second kappa shape index (κ2) is 6.26. The SMILES string of the molecule is C[C@H]1CC=C(C[C@@H](O)C(CO)CO)CC1. The third kappa shape index (κ3) is 3.93. The van der Waals surface area contributed by atoms with E-state index < -0.39 is 12.0 Å². The molecule has 0 unspecified atom stereocenters. The minimum Gasteiger partial charge on any atom is -0.396 e. The quantitative estimate of drug-likeness (QED) is 0.600. The second-order valence-electron chi connectivity index (χ2n) is 4.64. The molecule has 3 nitrogen and oxygen atoms in total. The Morgan fingerprint density at radius 2 is 2.07 bits per heavy atom. The number of aliphatic hydroxyl groups is 3.